The fourth-order valence-electron chi connectivity index (χ4n) is 1.72. The van der Waals surface area contributed by atoms with Crippen LogP contribution in [0.3, 0.4) is 0 Å². The second-order valence-corrected chi connectivity index (χ2v) is 5.50. The number of aromatic hydroxyl groups is 1. The number of hydrazone groups is 1. The molecule has 0 aliphatic heterocycles. The summed E-state index contributed by atoms with van der Waals surface area (Å²) in [4.78, 5) is 23.5. The zero-order valence-corrected chi connectivity index (χ0v) is 13.6. The molecule has 0 fully saturated rings. The van der Waals surface area contributed by atoms with E-state index in [4.69, 9.17) is 0 Å². The summed E-state index contributed by atoms with van der Waals surface area (Å²) in [5, 5.41) is 15.5. The quantitative estimate of drug-likeness (QED) is 0.551. The number of phenols is 1. The summed E-state index contributed by atoms with van der Waals surface area (Å²) in [7, 11) is 0. The van der Waals surface area contributed by atoms with Crippen molar-refractivity contribution < 1.29 is 14.7 Å². The van der Waals surface area contributed by atoms with Gasteiger partial charge in [0, 0.05) is 10.0 Å². The van der Waals surface area contributed by atoms with Crippen LogP contribution in [0.4, 0.5) is 0 Å². The Bertz CT molecular complexity index is 747. The molecular formula is C16H14BrN3O3. The van der Waals surface area contributed by atoms with Crippen LogP contribution in [0.15, 0.2) is 58.1 Å². The maximum Gasteiger partial charge on any atom is 0.259 e. The maximum atomic E-state index is 11.9. The van der Waals surface area contributed by atoms with Crippen molar-refractivity contribution in [1.29, 1.82) is 0 Å². The number of phenolic OH excluding ortho intramolecular Hbond substituents is 1. The first kappa shape index (κ1) is 16.7. The fourth-order valence-corrected chi connectivity index (χ4v) is 2.12. The molecule has 2 amide bonds. The van der Waals surface area contributed by atoms with Crippen molar-refractivity contribution in [2.24, 2.45) is 5.10 Å². The van der Waals surface area contributed by atoms with E-state index in [2.05, 4.69) is 31.8 Å². The van der Waals surface area contributed by atoms with Crippen molar-refractivity contribution >= 4 is 34.0 Å². The molecule has 3 N–H and O–H groups in total. The number of carbonyl (C=O) groups is 2. The first-order valence-electron chi connectivity index (χ1n) is 6.69. The summed E-state index contributed by atoms with van der Waals surface area (Å²) >= 11 is 3.28. The standard InChI is InChI=1S/C16H14BrN3O3/c17-13-5-2-4-12(8-13)16(23)18-10-15(22)20-19-9-11-3-1-6-14(21)7-11/h1-9,21H,10H2,(H,18,23)(H,20,22)/b19-9-. The van der Waals surface area contributed by atoms with Crippen molar-refractivity contribution in [3.05, 3.63) is 64.1 Å². The molecule has 0 unspecified atom stereocenters. The number of carbonyl (C=O) groups excluding carboxylic acids is 2. The highest BCUT2D eigenvalue weighted by Crippen LogP contribution is 2.11. The van der Waals surface area contributed by atoms with Crippen LogP contribution in [0, 0.1) is 0 Å². The maximum absolute atomic E-state index is 11.9. The van der Waals surface area contributed by atoms with Gasteiger partial charge in [-0.2, -0.15) is 5.10 Å². The molecule has 0 atom stereocenters. The van der Waals surface area contributed by atoms with Gasteiger partial charge in [0.05, 0.1) is 12.8 Å². The van der Waals surface area contributed by atoms with Crippen LogP contribution in [0.25, 0.3) is 0 Å². The van der Waals surface area contributed by atoms with Gasteiger partial charge in [-0.3, -0.25) is 9.59 Å². The molecule has 0 radical (unpaired) electrons. The SMILES string of the molecule is O=C(CNC(=O)c1cccc(Br)c1)N/N=C\c1cccc(O)c1. The summed E-state index contributed by atoms with van der Waals surface area (Å²) in [6, 6.07) is 13.3. The van der Waals surface area contributed by atoms with Crippen LogP contribution in [-0.2, 0) is 4.79 Å². The van der Waals surface area contributed by atoms with Gasteiger partial charge in [0.25, 0.3) is 11.8 Å². The molecule has 2 aromatic carbocycles. The Balaban J connectivity index is 1.80. The van der Waals surface area contributed by atoms with Crippen LogP contribution in [0.2, 0.25) is 0 Å². The molecule has 118 valence electrons. The molecular weight excluding hydrogens is 362 g/mol. The third-order valence-electron chi connectivity index (χ3n) is 2.77. The zero-order chi connectivity index (χ0) is 16.7. The van der Waals surface area contributed by atoms with Crippen LogP contribution >= 0.6 is 15.9 Å². The van der Waals surface area contributed by atoms with Crippen molar-refractivity contribution in [2.45, 2.75) is 0 Å². The molecule has 0 aliphatic rings. The molecule has 2 rings (SSSR count). The second kappa shape index (κ2) is 8.09. The molecule has 0 aromatic heterocycles. The Morgan fingerprint density at radius 2 is 1.96 bits per heavy atom. The zero-order valence-electron chi connectivity index (χ0n) is 12.0. The Labute approximate surface area is 141 Å². The summed E-state index contributed by atoms with van der Waals surface area (Å²) in [6.07, 6.45) is 1.40. The second-order valence-electron chi connectivity index (χ2n) is 4.58. The van der Waals surface area contributed by atoms with Gasteiger partial charge >= 0.3 is 0 Å². The molecule has 6 nitrogen and oxygen atoms in total. The normalized spacial score (nSPS) is 10.5. The van der Waals surface area contributed by atoms with Gasteiger partial charge < -0.3 is 10.4 Å². The number of benzene rings is 2. The van der Waals surface area contributed by atoms with Gasteiger partial charge in [-0.25, -0.2) is 5.43 Å². The van der Waals surface area contributed by atoms with E-state index < -0.39 is 5.91 Å². The van der Waals surface area contributed by atoms with E-state index in [1.54, 1.807) is 36.4 Å². The van der Waals surface area contributed by atoms with Gasteiger partial charge in [0.15, 0.2) is 0 Å². The fraction of sp³-hybridized carbons (Fsp3) is 0.0625. The lowest BCUT2D eigenvalue weighted by Gasteiger charge is -2.04. The summed E-state index contributed by atoms with van der Waals surface area (Å²) in [5.41, 5.74) is 3.39. The van der Waals surface area contributed by atoms with Crippen LogP contribution in [0.5, 0.6) is 5.75 Å². The van der Waals surface area contributed by atoms with Crippen molar-refractivity contribution in [3.8, 4) is 5.75 Å². The molecule has 0 aliphatic carbocycles. The number of hydrogen-bond acceptors (Lipinski definition) is 4. The molecule has 23 heavy (non-hydrogen) atoms. The third kappa shape index (κ3) is 5.55. The number of nitrogens with zero attached hydrogens (tertiary/aromatic N) is 1. The highest BCUT2D eigenvalue weighted by molar-refractivity contribution is 9.10. The van der Waals surface area contributed by atoms with E-state index in [0.717, 1.165) is 4.47 Å². The summed E-state index contributed by atoms with van der Waals surface area (Å²) < 4.78 is 0.783. The van der Waals surface area contributed by atoms with E-state index >= 15 is 0 Å². The Kier molecular flexibility index (Phi) is 5.87. The lowest BCUT2D eigenvalue weighted by molar-refractivity contribution is -0.120. The number of halogens is 1. The molecule has 0 heterocycles. The molecule has 0 saturated carbocycles. The average molecular weight is 376 g/mol. The smallest absolute Gasteiger partial charge is 0.259 e. The van der Waals surface area contributed by atoms with E-state index in [-0.39, 0.29) is 18.2 Å². The number of nitrogens with one attached hydrogen (secondary N) is 2. The predicted molar refractivity (Wildman–Crippen MR) is 90.3 cm³/mol. The number of hydrogen-bond donors (Lipinski definition) is 3. The van der Waals surface area contributed by atoms with Crippen LogP contribution < -0.4 is 10.7 Å². The van der Waals surface area contributed by atoms with Gasteiger partial charge in [-0.05, 0) is 35.9 Å². The van der Waals surface area contributed by atoms with Gasteiger partial charge in [-0.15, -0.1) is 0 Å². The minimum Gasteiger partial charge on any atom is -0.508 e. The lowest BCUT2D eigenvalue weighted by Crippen LogP contribution is -2.34. The molecule has 2 aromatic rings. The first-order chi connectivity index (χ1) is 11.0. The molecule has 0 saturated heterocycles. The summed E-state index contributed by atoms with van der Waals surface area (Å²) in [5.74, 6) is -0.690. The van der Waals surface area contributed by atoms with E-state index in [1.165, 1.54) is 18.3 Å². The Morgan fingerprint density at radius 3 is 2.70 bits per heavy atom. The van der Waals surface area contributed by atoms with Gasteiger partial charge in [0.2, 0.25) is 0 Å². The average Bonchev–Trinajstić information content (AvgIpc) is 2.52. The van der Waals surface area contributed by atoms with Gasteiger partial charge in [-0.1, -0.05) is 34.1 Å². The number of amides is 2. The first-order valence-corrected chi connectivity index (χ1v) is 7.48. The minimum atomic E-state index is -0.454. The monoisotopic (exact) mass is 375 g/mol. The highest BCUT2D eigenvalue weighted by atomic mass is 79.9. The Morgan fingerprint density at radius 1 is 1.17 bits per heavy atom. The largest absolute Gasteiger partial charge is 0.508 e. The van der Waals surface area contributed by atoms with Crippen molar-refractivity contribution in [3.63, 3.8) is 0 Å². The highest BCUT2D eigenvalue weighted by Gasteiger charge is 2.07. The van der Waals surface area contributed by atoms with E-state index in [0.29, 0.717) is 11.1 Å². The Hall–Kier alpha value is -2.67. The minimum absolute atomic E-state index is 0.113. The summed E-state index contributed by atoms with van der Waals surface area (Å²) in [6.45, 7) is -0.192. The van der Waals surface area contributed by atoms with Crippen molar-refractivity contribution in [1.82, 2.24) is 10.7 Å². The number of rotatable bonds is 5. The van der Waals surface area contributed by atoms with Crippen molar-refractivity contribution in [2.75, 3.05) is 6.54 Å². The lowest BCUT2D eigenvalue weighted by atomic mass is 10.2. The van der Waals surface area contributed by atoms with Crippen LogP contribution in [0.1, 0.15) is 15.9 Å². The molecule has 0 spiro atoms. The molecule has 7 heteroatoms. The predicted octanol–water partition coefficient (Wildman–Crippen LogP) is 2.03. The topological polar surface area (TPSA) is 90.8 Å². The van der Waals surface area contributed by atoms with Crippen LogP contribution in [-0.4, -0.2) is 29.7 Å². The van der Waals surface area contributed by atoms with E-state index in [9.17, 15) is 14.7 Å². The third-order valence-corrected chi connectivity index (χ3v) is 3.26. The van der Waals surface area contributed by atoms with Gasteiger partial charge in [0.1, 0.15) is 5.75 Å². The van der Waals surface area contributed by atoms with E-state index in [1.807, 2.05) is 0 Å². The molecule has 0 bridgehead atoms.